The van der Waals surface area contributed by atoms with Gasteiger partial charge in [-0.2, -0.15) is 0 Å². The molecule has 0 aromatic carbocycles. The Kier molecular flexibility index (Phi) is 4.68. The van der Waals surface area contributed by atoms with Crippen LogP contribution < -0.4 is 5.32 Å². The van der Waals surface area contributed by atoms with Crippen LogP contribution in [0.5, 0.6) is 0 Å². The van der Waals surface area contributed by atoms with Crippen LogP contribution in [-0.4, -0.2) is 24.7 Å². The second kappa shape index (κ2) is 7.09. The van der Waals surface area contributed by atoms with Gasteiger partial charge >= 0.3 is 5.97 Å². The molecule has 0 amide bonds. The van der Waals surface area contributed by atoms with Gasteiger partial charge < -0.3 is 10.1 Å². The number of esters is 1. The van der Waals surface area contributed by atoms with Gasteiger partial charge in [-0.25, -0.2) is 0 Å². The molecule has 1 aliphatic heterocycles. The number of carbonyl (C=O) groups is 1. The van der Waals surface area contributed by atoms with E-state index in [-0.39, 0.29) is 23.4 Å². The number of nitrogens with one attached hydrogen (secondary N) is 1. The molecule has 1 heterocycles. The molecule has 0 radical (unpaired) electrons. The van der Waals surface area contributed by atoms with Crippen molar-refractivity contribution in [2.75, 3.05) is 6.54 Å². The van der Waals surface area contributed by atoms with Crippen LogP contribution in [0, 0.1) is 52.8 Å². The molecule has 5 fully saturated rings. The van der Waals surface area contributed by atoms with Gasteiger partial charge in [0, 0.05) is 18.5 Å². The van der Waals surface area contributed by atoms with Crippen LogP contribution in [-0.2, 0) is 9.53 Å². The molecule has 11 atom stereocenters. The highest BCUT2D eigenvalue weighted by Gasteiger charge is 2.53. The molecule has 5 aliphatic carbocycles. The Labute approximate surface area is 182 Å². The largest absolute Gasteiger partial charge is 0.461 e. The van der Waals surface area contributed by atoms with Gasteiger partial charge in [0.1, 0.15) is 6.10 Å². The molecule has 3 bridgehead atoms. The van der Waals surface area contributed by atoms with Crippen molar-refractivity contribution in [3.8, 4) is 0 Å². The summed E-state index contributed by atoms with van der Waals surface area (Å²) < 4.78 is 5.98. The maximum atomic E-state index is 12.9. The fourth-order valence-corrected chi connectivity index (χ4v) is 9.46. The van der Waals surface area contributed by atoms with Gasteiger partial charge in [-0.15, -0.1) is 0 Å². The lowest BCUT2D eigenvalue weighted by Crippen LogP contribution is -2.48. The Morgan fingerprint density at radius 3 is 2.87 bits per heavy atom. The summed E-state index contributed by atoms with van der Waals surface area (Å²) >= 11 is 0. The number of carbonyl (C=O) groups excluding carboxylic acids is 1. The monoisotopic (exact) mass is 411 g/mol. The Hall–Kier alpha value is -0.830. The quantitative estimate of drug-likeness (QED) is 0.500. The molecule has 6 aliphatic rings. The van der Waals surface area contributed by atoms with Crippen LogP contribution in [0.3, 0.4) is 0 Å². The van der Waals surface area contributed by atoms with Crippen LogP contribution in [0.15, 0.2) is 11.6 Å². The lowest BCUT2D eigenvalue weighted by atomic mass is 9.59. The summed E-state index contributed by atoms with van der Waals surface area (Å²) in [6.07, 6.45) is 14.9. The summed E-state index contributed by atoms with van der Waals surface area (Å²) in [5.41, 5.74) is 1.89. The lowest BCUT2D eigenvalue weighted by molar-refractivity contribution is -0.145. The molecule has 166 valence electrons. The van der Waals surface area contributed by atoms with Crippen LogP contribution in [0.1, 0.15) is 78.6 Å². The molecular formula is C27H41NO2. The van der Waals surface area contributed by atoms with Crippen molar-refractivity contribution in [1.29, 1.82) is 0 Å². The first kappa shape index (κ1) is 19.8. The summed E-state index contributed by atoms with van der Waals surface area (Å²) in [6, 6.07) is 0.531. The first-order valence-electron chi connectivity index (χ1n) is 13.1. The van der Waals surface area contributed by atoms with Gasteiger partial charge in [-0.3, -0.25) is 4.79 Å². The van der Waals surface area contributed by atoms with Crippen LogP contribution in [0.4, 0.5) is 0 Å². The molecule has 1 saturated heterocycles. The highest BCUT2D eigenvalue weighted by atomic mass is 16.6. The van der Waals surface area contributed by atoms with Crippen molar-refractivity contribution >= 4 is 5.97 Å². The second-order valence-corrected chi connectivity index (χ2v) is 12.4. The van der Waals surface area contributed by atoms with Gasteiger partial charge in [-0.1, -0.05) is 31.9 Å². The molecule has 4 saturated carbocycles. The van der Waals surface area contributed by atoms with Gasteiger partial charge in [-0.05, 0) is 99.2 Å². The minimum absolute atomic E-state index is 0.0146. The van der Waals surface area contributed by atoms with Crippen LogP contribution >= 0.6 is 0 Å². The van der Waals surface area contributed by atoms with E-state index in [1.54, 1.807) is 5.57 Å². The number of ether oxygens (including phenoxy) is 1. The molecule has 0 spiro atoms. The van der Waals surface area contributed by atoms with E-state index in [0.29, 0.717) is 17.9 Å². The molecule has 30 heavy (non-hydrogen) atoms. The molecule has 1 N–H and O–H groups in total. The highest BCUT2D eigenvalue weighted by molar-refractivity contribution is 5.76. The molecule has 0 unspecified atom stereocenters. The van der Waals surface area contributed by atoms with Gasteiger partial charge in [0.2, 0.25) is 0 Å². The summed E-state index contributed by atoms with van der Waals surface area (Å²) in [5.74, 6) is 5.78. The number of allylic oxidation sites excluding steroid dienone is 1. The van der Waals surface area contributed by atoms with E-state index in [4.69, 9.17) is 4.74 Å². The predicted molar refractivity (Wildman–Crippen MR) is 119 cm³/mol. The third-order valence-corrected chi connectivity index (χ3v) is 10.7. The van der Waals surface area contributed by atoms with Crippen molar-refractivity contribution < 1.29 is 9.53 Å². The number of hydrogen-bond acceptors (Lipinski definition) is 3. The van der Waals surface area contributed by atoms with Crippen molar-refractivity contribution in [3.63, 3.8) is 0 Å². The zero-order valence-electron chi connectivity index (χ0n) is 19.2. The summed E-state index contributed by atoms with van der Waals surface area (Å²) in [5, 5.41) is 3.89. The maximum absolute atomic E-state index is 12.9. The Bertz CT molecular complexity index is 745. The molecule has 6 rings (SSSR count). The zero-order chi connectivity index (χ0) is 20.6. The van der Waals surface area contributed by atoms with Gasteiger partial charge in [0.15, 0.2) is 0 Å². The van der Waals surface area contributed by atoms with E-state index in [2.05, 4.69) is 32.2 Å². The van der Waals surface area contributed by atoms with E-state index in [9.17, 15) is 4.79 Å². The van der Waals surface area contributed by atoms with Crippen molar-refractivity contribution in [3.05, 3.63) is 11.6 Å². The number of fused-ring (bicyclic) bond motifs is 4. The Morgan fingerprint density at radius 1 is 1.20 bits per heavy atom. The molecule has 3 nitrogen and oxygen atoms in total. The zero-order valence-corrected chi connectivity index (χ0v) is 19.2. The lowest BCUT2D eigenvalue weighted by Gasteiger charge is -2.46. The van der Waals surface area contributed by atoms with Crippen LogP contribution in [0.2, 0.25) is 0 Å². The van der Waals surface area contributed by atoms with E-state index in [1.807, 2.05) is 0 Å². The fourth-order valence-electron chi connectivity index (χ4n) is 9.46. The molecule has 0 aromatic rings. The minimum Gasteiger partial charge on any atom is -0.461 e. The average Bonchev–Trinajstić information content (AvgIpc) is 3.10. The molecule has 3 heteroatoms. The fraction of sp³-hybridized carbons (Fsp3) is 0.889. The van der Waals surface area contributed by atoms with Crippen molar-refractivity contribution in [2.24, 2.45) is 52.8 Å². The summed E-state index contributed by atoms with van der Waals surface area (Å²) in [6.45, 7) is 8.03. The number of hydrogen-bond donors (Lipinski definition) is 1. The molecular weight excluding hydrogens is 370 g/mol. The maximum Gasteiger partial charge on any atom is 0.311 e. The van der Waals surface area contributed by atoms with Gasteiger partial charge in [0.05, 0.1) is 5.92 Å². The first-order valence-corrected chi connectivity index (χ1v) is 13.1. The van der Waals surface area contributed by atoms with E-state index in [0.717, 1.165) is 42.6 Å². The Morgan fingerprint density at radius 2 is 2.00 bits per heavy atom. The second-order valence-electron chi connectivity index (χ2n) is 12.4. The van der Waals surface area contributed by atoms with E-state index in [1.165, 1.54) is 51.4 Å². The minimum atomic E-state index is 0.0146. The van der Waals surface area contributed by atoms with Crippen molar-refractivity contribution in [2.45, 2.75) is 90.7 Å². The highest BCUT2D eigenvalue weighted by Crippen LogP contribution is 2.59. The average molecular weight is 412 g/mol. The van der Waals surface area contributed by atoms with Gasteiger partial charge in [0.25, 0.3) is 0 Å². The van der Waals surface area contributed by atoms with E-state index < -0.39 is 0 Å². The smallest absolute Gasteiger partial charge is 0.311 e. The SMILES string of the molecule is C[C@H](NC[C@@H]1C(=O)O[C@@H]2C[C@@]3(C)CCC[C@H](C)C3=C[C@H]12)[C@@H]1[C@@H]2CC[C@H]3C[C@@H](C2)C[C@@H]31. The van der Waals surface area contributed by atoms with Crippen LogP contribution in [0.25, 0.3) is 0 Å². The standard InChI is InChI=1S/C27H41NO2/c1-15-5-4-8-27(3)13-24-21(12-23(15)27)22(26(29)30-24)14-28-16(2)25-19-7-6-18-9-17(10-19)11-20(18)25/h12,15-22,24-25,28H,4-11,13-14H2,1-3H3/t15-,16-,17-,18-,19+,20-,21+,22-,24+,25+,27+/m0/s1. The molecule has 0 aromatic heterocycles. The summed E-state index contributed by atoms with van der Waals surface area (Å²) in [4.78, 5) is 12.9. The Balaban J connectivity index is 1.16. The topological polar surface area (TPSA) is 38.3 Å². The number of rotatable bonds is 4. The normalized spacial score (nSPS) is 52.4. The van der Waals surface area contributed by atoms with E-state index >= 15 is 0 Å². The third-order valence-electron chi connectivity index (χ3n) is 10.7. The first-order chi connectivity index (χ1) is 14.4. The summed E-state index contributed by atoms with van der Waals surface area (Å²) in [7, 11) is 0. The van der Waals surface area contributed by atoms with Crippen molar-refractivity contribution in [1.82, 2.24) is 5.32 Å². The third kappa shape index (κ3) is 2.97. The predicted octanol–water partition coefficient (Wildman–Crippen LogP) is 5.35.